The van der Waals surface area contributed by atoms with Crippen molar-refractivity contribution in [2.45, 2.75) is 5.92 Å². The summed E-state index contributed by atoms with van der Waals surface area (Å²) in [4.78, 5) is 12.3. The molecule has 0 spiro atoms. The molecule has 0 bridgehead atoms. The fourth-order valence-electron chi connectivity index (χ4n) is 1.93. The lowest BCUT2D eigenvalue weighted by Crippen LogP contribution is -2.22. The topological polar surface area (TPSA) is 43.1 Å². The van der Waals surface area contributed by atoms with E-state index in [1.807, 2.05) is 30.3 Å². The zero-order valence-electron chi connectivity index (χ0n) is 9.84. The summed E-state index contributed by atoms with van der Waals surface area (Å²) in [5, 5.41) is 0. The first-order valence-electron chi connectivity index (χ1n) is 5.77. The molecule has 3 heteroatoms. The van der Waals surface area contributed by atoms with Gasteiger partial charge in [0.25, 0.3) is 0 Å². The average Bonchev–Trinajstić information content (AvgIpc) is 2.41. The molecule has 0 heterocycles. The SMILES string of the molecule is NCC(C(=O)c1ccccc1F)c1ccccc1. The van der Waals surface area contributed by atoms with Gasteiger partial charge in [0.2, 0.25) is 0 Å². The predicted octanol–water partition coefficient (Wildman–Crippen LogP) is 2.75. The van der Waals surface area contributed by atoms with Crippen molar-refractivity contribution in [1.82, 2.24) is 0 Å². The highest BCUT2D eigenvalue weighted by atomic mass is 19.1. The summed E-state index contributed by atoms with van der Waals surface area (Å²) >= 11 is 0. The zero-order chi connectivity index (χ0) is 13.0. The monoisotopic (exact) mass is 243 g/mol. The smallest absolute Gasteiger partial charge is 0.174 e. The van der Waals surface area contributed by atoms with Crippen LogP contribution in [0.1, 0.15) is 21.8 Å². The summed E-state index contributed by atoms with van der Waals surface area (Å²) < 4.78 is 13.6. The Hall–Kier alpha value is -2.00. The Bertz CT molecular complexity index is 539. The lowest BCUT2D eigenvalue weighted by molar-refractivity contribution is 0.0958. The summed E-state index contributed by atoms with van der Waals surface area (Å²) in [5.74, 6) is -1.28. The molecule has 2 N–H and O–H groups in total. The van der Waals surface area contributed by atoms with E-state index >= 15 is 0 Å². The normalized spacial score (nSPS) is 12.1. The van der Waals surface area contributed by atoms with Crippen LogP contribution in [0.2, 0.25) is 0 Å². The Balaban J connectivity index is 2.35. The van der Waals surface area contributed by atoms with E-state index in [-0.39, 0.29) is 17.9 Å². The van der Waals surface area contributed by atoms with Gasteiger partial charge in [-0.15, -0.1) is 0 Å². The molecule has 2 rings (SSSR count). The van der Waals surface area contributed by atoms with Crippen LogP contribution in [0.5, 0.6) is 0 Å². The standard InChI is InChI=1S/C15H14FNO/c16-14-9-5-4-8-12(14)15(18)13(10-17)11-6-2-1-3-7-11/h1-9,13H,10,17H2. The van der Waals surface area contributed by atoms with E-state index in [9.17, 15) is 9.18 Å². The van der Waals surface area contributed by atoms with E-state index < -0.39 is 11.7 Å². The quantitative estimate of drug-likeness (QED) is 0.839. The highest BCUT2D eigenvalue weighted by molar-refractivity contribution is 6.01. The Morgan fingerprint density at radius 2 is 1.67 bits per heavy atom. The highest BCUT2D eigenvalue weighted by Gasteiger charge is 2.22. The van der Waals surface area contributed by atoms with Crippen molar-refractivity contribution in [1.29, 1.82) is 0 Å². The van der Waals surface area contributed by atoms with E-state index in [2.05, 4.69) is 0 Å². The summed E-state index contributed by atoms with van der Waals surface area (Å²) in [5.41, 5.74) is 6.56. The molecule has 2 nitrogen and oxygen atoms in total. The number of Topliss-reactive ketones (excluding diaryl/α,β-unsaturated/α-hetero) is 1. The van der Waals surface area contributed by atoms with Gasteiger partial charge in [-0.25, -0.2) is 4.39 Å². The van der Waals surface area contributed by atoms with Crippen LogP contribution in [0.4, 0.5) is 4.39 Å². The number of nitrogens with two attached hydrogens (primary N) is 1. The Morgan fingerprint density at radius 3 is 2.28 bits per heavy atom. The fourth-order valence-corrected chi connectivity index (χ4v) is 1.93. The van der Waals surface area contributed by atoms with Gasteiger partial charge in [-0.2, -0.15) is 0 Å². The van der Waals surface area contributed by atoms with Crippen LogP contribution in [-0.4, -0.2) is 12.3 Å². The molecule has 0 amide bonds. The lowest BCUT2D eigenvalue weighted by atomic mass is 9.90. The van der Waals surface area contributed by atoms with Crippen molar-refractivity contribution < 1.29 is 9.18 Å². The fraction of sp³-hybridized carbons (Fsp3) is 0.133. The highest BCUT2D eigenvalue weighted by Crippen LogP contribution is 2.21. The Kier molecular flexibility index (Phi) is 3.85. The van der Waals surface area contributed by atoms with Gasteiger partial charge in [0.1, 0.15) is 5.82 Å². The second kappa shape index (κ2) is 5.56. The van der Waals surface area contributed by atoms with Gasteiger partial charge in [-0.3, -0.25) is 4.79 Å². The zero-order valence-corrected chi connectivity index (χ0v) is 9.84. The van der Waals surface area contributed by atoms with Crippen molar-refractivity contribution in [3.8, 4) is 0 Å². The number of hydrogen-bond acceptors (Lipinski definition) is 2. The first kappa shape index (κ1) is 12.5. The largest absolute Gasteiger partial charge is 0.329 e. The van der Waals surface area contributed by atoms with Crippen molar-refractivity contribution >= 4 is 5.78 Å². The van der Waals surface area contributed by atoms with Crippen LogP contribution in [0, 0.1) is 5.82 Å². The van der Waals surface area contributed by atoms with Gasteiger partial charge in [-0.05, 0) is 17.7 Å². The summed E-state index contributed by atoms with van der Waals surface area (Å²) in [7, 11) is 0. The van der Waals surface area contributed by atoms with E-state index in [1.54, 1.807) is 12.1 Å². The first-order valence-corrected chi connectivity index (χ1v) is 5.77. The van der Waals surface area contributed by atoms with Crippen LogP contribution in [-0.2, 0) is 0 Å². The van der Waals surface area contributed by atoms with Crippen LogP contribution >= 0.6 is 0 Å². The summed E-state index contributed by atoms with van der Waals surface area (Å²) in [6.07, 6.45) is 0. The minimum absolute atomic E-state index is 0.0943. The number of rotatable bonds is 4. The van der Waals surface area contributed by atoms with Crippen molar-refractivity contribution in [3.05, 3.63) is 71.5 Å². The van der Waals surface area contributed by atoms with Gasteiger partial charge in [0, 0.05) is 6.54 Å². The third-order valence-electron chi connectivity index (χ3n) is 2.89. The maximum absolute atomic E-state index is 13.6. The third kappa shape index (κ3) is 2.46. The molecule has 0 saturated heterocycles. The van der Waals surface area contributed by atoms with Gasteiger partial charge in [0.05, 0.1) is 11.5 Å². The Morgan fingerprint density at radius 1 is 1.06 bits per heavy atom. The van der Waals surface area contributed by atoms with Crippen molar-refractivity contribution in [3.63, 3.8) is 0 Å². The van der Waals surface area contributed by atoms with Gasteiger partial charge in [0.15, 0.2) is 5.78 Å². The molecule has 1 unspecified atom stereocenters. The summed E-state index contributed by atoms with van der Waals surface area (Å²) in [6, 6.07) is 15.2. The van der Waals surface area contributed by atoms with E-state index in [4.69, 9.17) is 5.73 Å². The number of carbonyl (C=O) groups excluding carboxylic acids is 1. The van der Waals surface area contributed by atoms with Crippen LogP contribution in [0.3, 0.4) is 0 Å². The molecule has 0 aliphatic rings. The van der Waals surface area contributed by atoms with Crippen molar-refractivity contribution in [2.75, 3.05) is 6.54 Å². The second-order valence-corrected chi connectivity index (χ2v) is 4.04. The number of ketones is 1. The molecule has 0 aliphatic carbocycles. The Labute approximate surface area is 105 Å². The molecule has 2 aromatic rings. The molecule has 0 saturated carbocycles. The molecule has 0 aromatic heterocycles. The third-order valence-corrected chi connectivity index (χ3v) is 2.89. The van der Waals surface area contributed by atoms with E-state index in [0.29, 0.717) is 0 Å². The first-order chi connectivity index (χ1) is 8.74. The lowest BCUT2D eigenvalue weighted by Gasteiger charge is -2.14. The average molecular weight is 243 g/mol. The number of carbonyl (C=O) groups is 1. The van der Waals surface area contributed by atoms with E-state index in [1.165, 1.54) is 12.1 Å². The summed E-state index contributed by atoms with van der Waals surface area (Å²) in [6.45, 7) is 0.164. The molecule has 1 atom stereocenters. The molecular formula is C15H14FNO. The second-order valence-electron chi connectivity index (χ2n) is 4.04. The maximum atomic E-state index is 13.6. The minimum Gasteiger partial charge on any atom is -0.329 e. The van der Waals surface area contributed by atoms with Crippen LogP contribution in [0.25, 0.3) is 0 Å². The molecule has 0 fully saturated rings. The van der Waals surface area contributed by atoms with Crippen LogP contribution in [0.15, 0.2) is 54.6 Å². The molecule has 2 aromatic carbocycles. The molecule has 0 radical (unpaired) electrons. The predicted molar refractivity (Wildman–Crippen MR) is 69.0 cm³/mol. The van der Waals surface area contributed by atoms with Crippen molar-refractivity contribution in [2.24, 2.45) is 5.73 Å². The molecule has 18 heavy (non-hydrogen) atoms. The number of halogens is 1. The van der Waals surface area contributed by atoms with Gasteiger partial charge >= 0.3 is 0 Å². The molecular weight excluding hydrogens is 229 g/mol. The molecule has 0 aliphatic heterocycles. The van der Waals surface area contributed by atoms with Crippen LogP contribution < -0.4 is 5.73 Å². The molecule has 92 valence electrons. The minimum atomic E-state index is -0.503. The number of benzene rings is 2. The van der Waals surface area contributed by atoms with Gasteiger partial charge < -0.3 is 5.73 Å². The number of hydrogen-bond donors (Lipinski definition) is 1. The van der Waals surface area contributed by atoms with E-state index in [0.717, 1.165) is 5.56 Å². The maximum Gasteiger partial charge on any atom is 0.174 e. The van der Waals surface area contributed by atoms with Gasteiger partial charge in [-0.1, -0.05) is 42.5 Å².